The second-order valence-electron chi connectivity index (χ2n) is 4.38. The number of oxazole rings is 1. The molecule has 1 aliphatic rings. The van der Waals surface area contributed by atoms with Crippen LogP contribution in [0.25, 0.3) is 0 Å². The predicted octanol–water partition coefficient (Wildman–Crippen LogP) is 1.59. The van der Waals surface area contributed by atoms with Gasteiger partial charge in [0, 0.05) is 13.0 Å². The van der Waals surface area contributed by atoms with E-state index in [1.807, 2.05) is 0 Å². The molecule has 1 aromatic heterocycles. The monoisotopic (exact) mass is 261 g/mol. The van der Waals surface area contributed by atoms with Gasteiger partial charge in [0.05, 0.1) is 17.8 Å². The van der Waals surface area contributed by atoms with Crippen LogP contribution in [0.5, 0.6) is 0 Å². The summed E-state index contributed by atoms with van der Waals surface area (Å²) >= 11 is 0. The van der Waals surface area contributed by atoms with Crippen molar-refractivity contribution < 1.29 is 13.6 Å². The third-order valence-corrected chi connectivity index (χ3v) is 3.14. The van der Waals surface area contributed by atoms with E-state index in [2.05, 4.69) is 4.98 Å². The number of hydrogen-bond acceptors (Lipinski definition) is 4. The highest BCUT2D eigenvalue weighted by Gasteiger charge is 2.26. The normalized spacial score (nSPS) is 14.3. The molecule has 19 heavy (non-hydrogen) atoms. The van der Waals surface area contributed by atoms with Crippen molar-refractivity contribution in [2.75, 3.05) is 12.3 Å². The molecule has 2 aromatic rings. The number of benzene rings is 1. The molecule has 0 spiro atoms. The lowest BCUT2D eigenvalue weighted by Crippen LogP contribution is -2.36. The lowest BCUT2D eigenvalue weighted by Gasteiger charge is -2.25. The van der Waals surface area contributed by atoms with Crippen molar-refractivity contribution in [1.82, 2.24) is 9.88 Å². The first kappa shape index (κ1) is 11.7. The van der Waals surface area contributed by atoms with Crippen LogP contribution in [0.2, 0.25) is 0 Å². The molecule has 0 unspecified atom stereocenters. The average Bonchev–Trinajstić information content (AvgIpc) is 2.77. The molecule has 0 saturated carbocycles. The van der Waals surface area contributed by atoms with Crippen LogP contribution in [0.15, 0.2) is 28.7 Å². The summed E-state index contributed by atoms with van der Waals surface area (Å²) in [7, 11) is 0. The van der Waals surface area contributed by atoms with Gasteiger partial charge < -0.3 is 15.1 Å². The Balaban J connectivity index is 1.85. The molecule has 3 rings (SSSR count). The number of nitrogens with two attached hydrogens (primary N) is 1. The topological polar surface area (TPSA) is 72.4 Å². The fraction of sp³-hybridized carbons (Fsp3) is 0.231. The van der Waals surface area contributed by atoms with Gasteiger partial charge >= 0.3 is 0 Å². The molecule has 1 aliphatic heterocycles. The van der Waals surface area contributed by atoms with Crippen LogP contribution in [-0.2, 0) is 13.0 Å². The van der Waals surface area contributed by atoms with Crippen LogP contribution < -0.4 is 5.73 Å². The van der Waals surface area contributed by atoms with Crippen molar-refractivity contribution in [2.45, 2.75) is 13.0 Å². The lowest BCUT2D eigenvalue weighted by atomic mass is 10.1. The minimum Gasteiger partial charge on any atom is -0.427 e. The lowest BCUT2D eigenvalue weighted by molar-refractivity contribution is 0.0715. The number of aromatic nitrogens is 1. The fourth-order valence-electron chi connectivity index (χ4n) is 2.19. The minimum atomic E-state index is -0.518. The Morgan fingerprint density at radius 2 is 2.21 bits per heavy atom. The molecule has 1 aromatic carbocycles. The number of hydrogen-bond donors (Lipinski definition) is 1. The Hall–Kier alpha value is -2.37. The van der Waals surface area contributed by atoms with E-state index in [0.717, 1.165) is 5.69 Å². The van der Waals surface area contributed by atoms with Crippen LogP contribution in [0.4, 0.5) is 10.4 Å². The van der Waals surface area contributed by atoms with Crippen LogP contribution in [0, 0.1) is 5.82 Å². The molecule has 0 radical (unpaired) electrons. The Bertz CT molecular complexity index is 639. The molecule has 2 N–H and O–H groups in total. The first-order valence-electron chi connectivity index (χ1n) is 5.93. The van der Waals surface area contributed by atoms with E-state index in [1.165, 1.54) is 17.0 Å². The zero-order chi connectivity index (χ0) is 13.4. The maximum absolute atomic E-state index is 13.6. The van der Waals surface area contributed by atoms with E-state index in [9.17, 15) is 9.18 Å². The number of nitrogen functional groups attached to an aromatic ring is 1. The summed E-state index contributed by atoms with van der Waals surface area (Å²) in [6, 6.07) is 6.04. The van der Waals surface area contributed by atoms with E-state index in [1.54, 1.807) is 12.1 Å². The van der Waals surface area contributed by atoms with E-state index >= 15 is 0 Å². The molecular weight excluding hydrogens is 249 g/mol. The molecule has 1 amide bonds. The Morgan fingerprint density at radius 3 is 3.00 bits per heavy atom. The van der Waals surface area contributed by atoms with Gasteiger partial charge in [-0.15, -0.1) is 0 Å². The van der Waals surface area contributed by atoms with Crippen molar-refractivity contribution in [2.24, 2.45) is 0 Å². The summed E-state index contributed by atoms with van der Waals surface area (Å²) in [4.78, 5) is 17.8. The first-order valence-corrected chi connectivity index (χ1v) is 5.93. The number of anilines is 1. The minimum absolute atomic E-state index is 0.0680. The Labute approximate surface area is 108 Å². The largest absolute Gasteiger partial charge is 0.427 e. The molecule has 5 nitrogen and oxygen atoms in total. The maximum atomic E-state index is 13.6. The molecular formula is C13H12FN3O2. The fourth-order valence-corrected chi connectivity index (χ4v) is 2.19. The summed E-state index contributed by atoms with van der Waals surface area (Å²) in [6.07, 6.45) is 0.566. The van der Waals surface area contributed by atoms with Crippen molar-refractivity contribution in [3.8, 4) is 0 Å². The van der Waals surface area contributed by atoms with E-state index < -0.39 is 5.82 Å². The zero-order valence-corrected chi connectivity index (χ0v) is 10.1. The highest BCUT2D eigenvalue weighted by Crippen LogP contribution is 2.22. The molecule has 0 atom stereocenters. The van der Waals surface area contributed by atoms with Gasteiger partial charge in [0.1, 0.15) is 11.6 Å². The van der Waals surface area contributed by atoms with Crippen LogP contribution >= 0.6 is 0 Å². The number of amides is 1. The molecule has 98 valence electrons. The third-order valence-electron chi connectivity index (χ3n) is 3.14. The van der Waals surface area contributed by atoms with Gasteiger partial charge in [-0.1, -0.05) is 12.1 Å². The van der Waals surface area contributed by atoms with E-state index in [0.29, 0.717) is 18.7 Å². The number of carbonyl (C=O) groups excluding carboxylic acids is 1. The highest BCUT2D eigenvalue weighted by atomic mass is 19.1. The van der Waals surface area contributed by atoms with Crippen molar-refractivity contribution in [3.63, 3.8) is 0 Å². The molecule has 0 fully saturated rings. The van der Waals surface area contributed by atoms with Gasteiger partial charge in [-0.05, 0) is 12.1 Å². The summed E-state index contributed by atoms with van der Waals surface area (Å²) < 4.78 is 18.8. The number of fused-ring (bicyclic) bond motifs is 1. The van der Waals surface area contributed by atoms with Crippen LogP contribution in [0.1, 0.15) is 21.8 Å². The van der Waals surface area contributed by atoms with Crippen molar-refractivity contribution >= 4 is 11.9 Å². The first-order chi connectivity index (χ1) is 9.15. The molecule has 0 saturated heterocycles. The summed E-state index contributed by atoms with van der Waals surface area (Å²) in [5.74, 6) is -0.289. The quantitative estimate of drug-likeness (QED) is 0.846. The third kappa shape index (κ3) is 2.05. The summed E-state index contributed by atoms with van der Waals surface area (Å²) in [6.45, 7) is 0.749. The van der Waals surface area contributed by atoms with Gasteiger partial charge in [-0.25, -0.2) is 4.39 Å². The summed E-state index contributed by atoms with van der Waals surface area (Å²) in [5, 5.41) is 0. The number of carbonyl (C=O) groups is 1. The van der Waals surface area contributed by atoms with Crippen molar-refractivity contribution in [3.05, 3.63) is 47.1 Å². The van der Waals surface area contributed by atoms with Gasteiger partial charge in [-0.2, -0.15) is 4.98 Å². The average molecular weight is 261 g/mol. The second kappa shape index (κ2) is 4.38. The molecule has 0 bridgehead atoms. The SMILES string of the molecule is Nc1nc2c(o1)CN(C(=O)c1ccccc1F)CC2. The molecule has 0 aliphatic carbocycles. The molecule has 6 heteroatoms. The van der Waals surface area contributed by atoms with E-state index in [-0.39, 0.29) is 24.0 Å². The number of rotatable bonds is 1. The van der Waals surface area contributed by atoms with Gasteiger partial charge in [0.25, 0.3) is 11.9 Å². The van der Waals surface area contributed by atoms with Gasteiger partial charge in [0.2, 0.25) is 0 Å². The van der Waals surface area contributed by atoms with E-state index in [4.69, 9.17) is 10.2 Å². The standard InChI is InChI=1S/C13H12FN3O2/c14-9-4-2-1-3-8(9)12(18)17-6-5-10-11(7-17)19-13(15)16-10/h1-4H,5-7H2,(H2,15,16). The Morgan fingerprint density at radius 1 is 1.42 bits per heavy atom. The second-order valence-corrected chi connectivity index (χ2v) is 4.38. The van der Waals surface area contributed by atoms with Crippen LogP contribution in [0.3, 0.4) is 0 Å². The smallest absolute Gasteiger partial charge is 0.292 e. The number of halogens is 1. The van der Waals surface area contributed by atoms with Crippen molar-refractivity contribution in [1.29, 1.82) is 0 Å². The van der Waals surface area contributed by atoms with Gasteiger partial charge in [0.15, 0.2) is 0 Å². The summed E-state index contributed by atoms with van der Waals surface area (Å²) in [5.41, 5.74) is 6.32. The predicted molar refractivity (Wildman–Crippen MR) is 65.8 cm³/mol. The maximum Gasteiger partial charge on any atom is 0.292 e. The Kier molecular flexibility index (Phi) is 2.70. The van der Waals surface area contributed by atoms with Gasteiger partial charge in [-0.3, -0.25) is 4.79 Å². The zero-order valence-electron chi connectivity index (χ0n) is 10.1. The number of nitrogens with zero attached hydrogens (tertiary/aromatic N) is 2. The highest BCUT2D eigenvalue weighted by molar-refractivity contribution is 5.94. The van der Waals surface area contributed by atoms with Crippen LogP contribution in [-0.4, -0.2) is 22.3 Å². The molecule has 2 heterocycles.